The minimum atomic E-state index is 0. The molecule has 0 spiro atoms. The Kier molecular flexibility index (Phi) is 4.00. The minimum absolute atomic E-state index is 0. The molecule has 0 saturated heterocycles. The maximum absolute atomic E-state index is 5.44. The Morgan fingerprint density at radius 3 is 2.67 bits per heavy atom. The van der Waals surface area contributed by atoms with Crippen LogP contribution in [0.1, 0.15) is 5.56 Å². The van der Waals surface area contributed by atoms with E-state index in [1.807, 2.05) is 6.92 Å². The van der Waals surface area contributed by atoms with E-state index in [9.17, 15) is 0 Å². The van der Waals surface area contributed by atoms with E-state index >= 15 is 0 Å². The fourth-order valence-electron chi connectivity index (χ4n) is 0.406. The zero-order chi connectivity index (χ0) is 5.98. The van der Waals surface area contributed by atoms with Crippen molar-refractivity contribution < 1.29 is 19.5 Å². The Bertz CT molecular complexity index is 152. The van der Waals surface area contributed by atoms with Crippen molar-refractivity contribution >= 4 is 11.6 Å². The summed E-state index contributed by atoms with van der Waals surface area (Å²) >= 11 is 5.44. The molecule has 1 nitrogen and oxygen atoms in total. The van der Waals surface area contributed by atoms with Crippen molar-refractivity contribution in [3.05, 3.63) is 29.0 Å². The Balaban J connectivity index is 0.000000640. The van der Waals surface area contributed by atoms with E-state index in [0.29, 0.717) is 5.15 Å². The van der Waals surface area contributed by atoms with Crippen LogP contribution in [-0.4, -0.2) is 4.98 Å². The summed E-state index contributed by atoms with van der Waals surface area (Å²) < 4.78 is 0. The van der Waals surface area contributed by atoms with Gasteiger partial charge in [-0.05, 0) is 0 Å². The van der Waals surface area contributed by atoms with Crippen LogP contribution in [0.4, 0.5) is 0 Å². The predicted octanol–water partition coefficient (Wildman–Crippen LogP) is 1.84. The van der Waals surface area contributed by atoms with Crippen LogP contribution in [0.25, 0.3) is 0 Å². The normalized spacial score (nSPS) is 8.22. The van der Waals surface area contributed by atoms with Crippen molar-refractivity contribution in [3.8, 4) is 0 Å². The molecule has 0 unspecified atom stereocenters. The maximum atomic E-state index is 5.44. The van der Waals surface area contributed by atoms with E-state index < -0.39 is 0 Å². The van der Waals surface area contributed by atoms with Crippen molar-refractivity contribution in [2.24, 2.45) is 0 Å². The number of aryl methyl sites for hydroxylation is 1. The molecule has 0 aromatic carbocycles. The topological polar surface area (TPSA) is 12.9 Å². The van der Waals surface area contributed by atoms with Crippen LogP contribution >= 0.6 is 11.6 Å². The van der Waals surface area contributed by atoms with Gasteiger partial charge in [0.05, 0.1) is 0 Å². The van der Waals surface area contributed by atoms with Crippen LogP contribution in [-0.2, 0) is 19.5 Å². The molecule has 44 valence electrons. The number of hydrogen-bond acceptors (Lipinski definition) is 1. The Hall–Kier alpha value is 0.0634. The Labute approximate surface area is 72.2 Å². The smallest absolute Gasteiger partial charge is 0.0375 e. The average Bonchev–Trinajstić information content (AvgIpc) is 1.77. The van der Waals surface area contributed by atoms with Gasteiger partial charge in [-0.2, -0.15) is 5.56 Å². The molecule has 1 aromatic rings. The van der Waals surface area contributed by atoms with Crippen LogP contribution in [0.15, 0.2) is 12.3 Å². The van der Waals surface area contributed by atoms with Crippen molar-refractivity contribution in [2.45, 2.75) is 6.92 Å². The molecular weight excluding hydrogens is 187 g/mol. The summed E-state index contributed by atoms with van der Waals surface area (Å²) in [5.41, 5.74) is 1.08. The summed E-state index contributed by atoms with van der Waals surface area (Å²) in [7, 11) is 0. The summed E-state index contributed by atoms with van der Waals surface area (Å²) in [5.74, 6) is 0. The summed E-state index contributed by atoms with van der Waals surface area (Å²) in [5, 5.41) is 0.426. The molecule has 0 amide bonds. The van der Waals surface area contributed by atoms with Gasteiger partial charge in [0.25, 0.3) is 0 Å². The Morgan fingerprint density at radius 1 is 1.67 bits per heavy atom. The summed E-state index contributed by atoms with van der Waals surface area (Å²) in [4.78, 5) is 3.79. The SMILES string of the molecule is Cc1c[c-]c(Cl)nc1.[Zn]. The van der Waals surface area contributed by atoms with Crippen molar-refractivity contribution in [1.29, 1.82) is 0 Å². The number of nitrogens with zero attached hydrogens (tertiary/aromatic N) is 1. The Morgan fingerprint density at radius 2 is 2.33 bits per heavy atom. The number of halogens is 1. The zero-order valence-corrected chi connectivity index (χ0v) is 8.91. The maximum Gasteiger partial charge on any atom is 0.0375 e. The van der Waals surface area contributed by atoms with Crippen molar-refractivity contribution in [1.82, 2.24) is 4.98 Å². The van der Waals surface area contributed by atoms with Crippen molar-refractivity contribution in [3.63, 3.8) is 0 Å². The second-order valence-corrected chi connectivity index (χ2v) is 1.94. The van der Waals surface area contributed by atoms with Gasteiger partial charge in [0.2, 0.25) is 0 Å². The van der Waals surface area contributed by atoms with Gasteiger partial charge in [-0.15, -0.1) is 6.92 Å². The van der Waals surface area contributed by atoms with Gasteiger partial charge in [0.15, 0.2) is 0 Å². The van der Waals surface area contributed by atoms with E-state index in [4.69, 9.17) is 11.6 Å². The predicted molar refractivity (Wildman–Crippen MR) is 32.8 cm³/mol. The molecule has 0 bridgehead atoms. The van der Waals surface area contributed by atoms with Gasteiger partial charge in [-0.3, -0.25) is 4.98 Å². The van der Waals surface area contributed by atoms with Crippen molar-refractivity contribution in [2.75, 3.05) is 0 Å². The van der Waals surface area contributed by atoms with Crippen LogP contribution in [0, 0.1) is 13.0 Å². The second-order valence-electron chi connectivity index (χ2n) is 1.58. The fraction of sp³-hybridized carbons (Fsp3) is 0.167. The minimum Gasteiger partial charge on any atom is -0.284 e. The molecule has 1 heterocycles. The largest absolute Gasteiger partial charge is 0.284 e. The van der Waals surface area contributed by atoms with Gasteiger partial charge < -0.3 is 0 Å². The molecule has 3 heteroatoms. The molecule has 0 aliphatic carbocycles. The average molecular weight is 192 g/mol. The van der Waals surface area contributed by atoms with Gasteiger partial charge in [-0.25, -0.2) is 12.1 Å². The van der Waals surface area contributed by atoms with E-state index in [0.717, 1.165) is 5.56 Å². The first-order valence-corrected chi connectivity index (χ1v) is 2.66. The van der Waals surface area contributed by atoms with Crippen LogP contribution < -0.4 is 0 Å². The molecule has 0 aliphatic heterocycles. The summed E-state index contributed by atoms with van der Waals surface area (Å²) in [6, 6.07) is 4.55. The molecule has 0 radical (unpaired) electrons. The fourth-order valence-corrected chi connectivity index (χ4v) is 0.510. The molecule has 1 rings (SSSR count). The molecule has 1 aromatic heterocycles. The number of aromatic nitrogens is 1. The molecule has 9 heavy (non-hydrogen) atoms. The quantitative estimate of drug-likeness (QED) is 0.347. The zero-order valence-electron chi connectivity index (χ0n) is 5.19. The molecule has 0 aliphatic rings. The van der Waals surface area contributed by atoms with E-state index in [1.54, 1.807) is 12.3 Å². The van der Waals surface area contributed by atoms with Gasteiger partial charge in [-0.1, -0.05) is 17.8 Å². The second kappa shape index (κ2) is 3.97. The van der Waals surface area contributed by atoms with Gasteiger partial charge >= 0.3 is 0 Å². The first-order chi connectivity index (χ1) is 3.79. The molecule has 0 saturated carbocycles. The summed E-state index contributed by atoms with van der Waals surface area (Å²) in [6.45, 7) is 1.94. The third-order valence-electron chi connectivity index (χ3n) is 0.800. The molecule has 0 atom stereocenters. The van der Waals surface area contributed by atoms with Gasteiger partial charge in [0, 0.05) is 24.6 Å². The first-order valence-electron chi connectivity index (χ1n) is 2.29. The van der Waals surface area contributed by atoms with Crippen LogP contribution in [0.5, 0.6) is 0 Å². The molecule has 0 fully saturated rings. The third kappa shape index (κ3) is 2.93. The first kappa shape index (κ1) is 9.06. The molecule has 0 N–H and O–H groups in total. The number of rotatable bonds is 0. The monoisotopic (exact) mass is 190 g/mol. The molecular formula is C6H5ClNZn-. The van der Waals surface area contributed by atoms with E-state index in [-0.39, 0.29) is 19.5 Å². The van der Waals surface area contributed by atoms with Crippen LogP contribution in [0.3, 0.4) is 0 Å². The third-order valence-corrected chi connectivity index (χ3v) is 1.01. The van der Waals surface area contributed by atoms with E-state index in [2.05, 4.69) is 11.1 Å². The number of pyridine rings is 1. The van der Waals surface area contributed by atoms with Crippen LogP contribution in [0.2, 0.25) is 5.15 Å². The van der Waals surface area contributed by atoms with Gasteiger partial charge in [0.1, 0.15) is 0 Å². The standard InChI is InChI=1S/C6H5ClN.Zn/c1-5-2-3-6(7)8-4-5;/h2,4H,1H3;/q-1;. The summed E-state index contributed by atoms with van der Waals surface area (Å²) in [6.07, 6.45) is 1.71. The van der Waals surface area contributed by atoms with E-state index in [1.165, 1.54) is 0 Å². The number of hydrogen-bond donors (Lipinski definition) is 0.